The molecule has 8 nitrogen and oxygen atoms in total. The van der Waals surface area contributed by atoms with Gasteiger partial charge < -0.3 is 14.8 Å². The van der Waals surface area contributed by atoms with E-state index in [1.54, 1.807) is 61.7 Å². The lowest BCUT2D eigenvalue weighted by atomic mass is 10.2. The molecule has 34 heavy (non-hydrogen) atoms. The molecule has 0 spiro atoms. The Balaban J connectivity index is 1.44. The first-order valence-electron chi connectivity index (χ1n) is 11.0. The average molecular weight is 482 g/mol. The van der Waals surface area contributed by atoms with Crippen molar-refractivity contribution in [2.45, 2.75) is 37.7 Å². The summed E-state index contributed by atoms with van der Waals surface area (Å²) in [5.74, 6) is 0.286. The number of hydrogen-bond acceptors (Lipinski definition) is 6. The van der Waals surface area contributed by atoms with Crippen molar-refractivity contribution in [1.82, 2.24) is 10.3 Å². The number of sulfonamides is 1. The third-order valence-electron chi connectivity index (χ3n) is 5.48. The molecule has 0 saturated carbocycles. The van der Waals surface area contributed by atoms with E-state index in [2.05, 4.69) is 15.0 Å². The molecule has 1 amide bonds. The van der Waals surface area contributed by atoms with E-state index in [-0.39, 0.29) is 22.8 Å². The molecule has 1 fully saturated rings. The first kappa shape index (κ1) is 23.7. The number of pyridine rings is 1. The summed E-state index contributed by atoms with van der Waals surface area (Å²) < 4.78 is 39.6. The Morgan fingerprint density at radius 3 is 2.68 bits per heavy atom. The number of amides is 1. The summed E-state index contributed by atoms with van der Waals surface area (Å²) in [4.78, 5) is 17.1. The number of anilines is 1. The van der Waals surface area contributed by atoms with Gasteiger partial charge in [-0.3, -0.25) is 9.52 Å². The maximum absolute atomic E-state index is 12.8. The summed E-state index contributed by atoms with van der Waals surface area (Å²) >= 11 is 0. The number of benzene rings is 2. The van der Waals surface area contributed by atoms with Gasteiger partial charge >= 0.3 is 0 Å². The fraction of sp³-hybridized carbons (Fsp3) is 0.280. The predicted octanol–water partition coefficient (Wildman–Crippen LogP) is 4.20. The predicted molar refractivity (Wildman–Crippen MR) is 129 cm³/mol. The first-order chi connectivity index (χ1) is 16.3. The van der Waals surface area contributed by atoms with Crippen LogP contribution in [-0.4, -0.2) is 38.6 Å². The van der Waals surface area contributed by atoms with Crippen molar-refractivity contribution in [2.24, 2.45) is 0 Å². The molecule has 9 heteroatoms. The topological polar surface area (TPSA) is 107 Å². The number of carbonyl (C=O) groups excluding carboxylic acids is 1. The van der Waals surface area contributed by atoms with Crippen LogP contribution in [0.25, 0.3) is 0 Å². The normalized spacial score (nSPS) is 15.6. The summed E-state index contributed by atoms with van der Waals surface area (Å²) in [6, 6.07) is 15.0. The highest BCUT2D eigenvalue weighted by molar-refractivity contribution is 7.92. The van der Waals surface area contributed by atoms with Crippen molar-refractivity contribution in [3.05, 3.63) is 77.5 Å². The van der Waals surface area contributed by atoms with Crippen LogP contribution in [-0.2, 0) is 14.8 Å². The van der Waals surface area contributed by atoms with E-state index < -0.39 is 10.0 Å². The Morgan fingerprint density at radius 2 is 1.94 bits per heavy atom. The Labute approximate surface area is 199 Å². The molecule has 2 aromatic carbocycles. The van der Waals surface area contributed by atoms with Crippen molar-refractivity contribution in [1.29, 1.82) is 0 Å². The number of hydrogen-bond donors (Lipinski definition) is 2. The quantitative estimate of drug-likeness (QED) is 0.499. The van der Waals surface area contributed by atoms with E-state index >= 15 is 0 Å². The van der Waals surface area contributed by atoms with E-state index in [4.69, 9.17) is 9.47 Å². The standard InChI is InChI=1S/C25H27N3O5S/c1-17-7-8-18(2)23(15-17)34(30,31)28-19-9-11-20(12-10-19)33-25-22(6-3-13-26-25)24(29)27-16-21-5-4-14-32-21/h3,6-13,15,21,28H,4-5,14,16H2,1-2H3,(H,27,29)/t21-/m1/s1. The molecule has 1 aliphatic rings. The number of nitrogens with zero attached hydrogens (tertiary/aromatic N) is 1. The summed E-state index contributed by atoms with van der Waals surface area (Å²) in [6.07, 6.45) is 3.50. The lowest BCUT2D eigenvalue weighted by Crippen LogP contribution is -2.32. The van der Waals surface area contributed by atoms with Crippen molar-refractivity contribution in [3.8, 4) is 11.6 Å². The maximum Gasteiger partial charge on any atom is 0.262 e. The minimum Gasteiger partial charge on any atom is -0.438 e. The van der Waals surface area contributed by atoms with Crippen molar-refractivity contribution in [2.75, 3.05) is 17.9 Å². The fourth-order valence-electron chi connectivity index (χ4n) is 3.66. The van der Waals surface area contributed by atoms with Gasteiger partial charge in [-0.25, -0.2) is 13.4 Å². The maximum atomic E-state index is 12.8. The Morgan fingerprint density at radius 1 is 1.15 bits per heavy atom. The molecule has 2 heterocycles. The highest BCUT2D eigenvalue weighted by Crippen LogP contribution is 2.26. The van der Waals surface area contributed by atoms with Crippen LogP contribution in [0.15, 0.2) is 65.7 Å². The molecule has 1 atom stereocenters. The molecule has 178 valence electrons. The fourth-order valence-corrected chi connectivity index (χ4v) is 5.05. The first-order valence-corrected chi connectivity index (χ1v) is 12.5. The SMILES string of the molecule is Cc1ccc(C)c(S(=O)(=O)Nc2ccc(Oc3ncccc3C(=O)NC[C@H]3CCCO3)cc2)c1. The molecule has 0 aliphatic carbocycles. The van der Waals surface area contributed by atoms with Crippen molar-refractivity contribution < 1.29 is 22.7 Å². The number of carbonyl (C=O) groups is 1. The van der Waals surface area contributed by atoms with Gasteiger partial charge in [0.15, 0.2) is 0 Å². The molecule has 1 aromatic heterocycles. The highest BCUT2D eigenvalue weighted by atomic mass is 32.2. The second-order valence-electron chi connectivity index (χ2n) is 8.20. The summed E-state index contributed by atoms with van der Waals surface area (Å²) in [7, 11) is -3.74. The van der Waals surface area contributed by atoms with Gasteiger partial charge in [0.05, 0.1) is 11.0 Å². The van der Waals surface area contributed by atoms with Gasteiger partial charge in [-0.1, -0.05) is 12.1 Å². The van der Waals surface area contributed by atoms with E-state index in [9.17, 15) is 13.2 Å². The summed E-state index contributed by atoms with van der Waals surface area (Å²) in [6.45, 7) is 4.76. The van der Waals surface area contributed by atoms with Crippen molar-refractivity contribution in [3.63, 3.8) is 0 Å². The van der Waals surface area contributed by atoms with Crippen molar-refractivity contribution >= 4 is 21.6 Å². The smallest absolute Gasteiger partial charge is 0.262 e. The lowest BCUT2D eigenvalue weighted by molar-refractivity contribution is 0.0855. The van der Waals surface area contributed by atoms with E-state index in [1.165, 1.54) is 0 Å². The number of aromatic nitrogens is 1. The monoisotopic (exact) mass is 481 g/mol. The van der Waals surface area contributed by atoms with Gasteiger partial charge in [-0.15, -0.1) is 0 Å². The molecular formula is C25H27N3O5S. The highest BCUT2D eigenvalue weighted by Gasteiger charge is 2.20. The number of ether oxygens (including phenoxy) is 2. The van der Waals surface area contributed by atoms with Crippen LogP contribution in [0, 0.1) is 13.8 Å². The van der Waals surface area contributed by atoms with Gasteiger partial charge in [0.1, 0.15) is 11.3 Å². The minimum atomic E-state index is -3.74. The van der Waals surface area contributed by atoms with Crippen LogP contribution in [0.2, 0.25) is 0 Å². The minimum absolute atomic E-state index is 0.0323. The average Bonchev–Trinajstić information content (AvgIpc) is 3.34. The Hall–Kier alpha value is -3.43. The zero-order chi connectivity index (χ0) is 24.1. The molecule has 1 saturated heterocycles. The number of rotatable bonds is 8. The zero-order valence-corrected chi connectivity index (χ0v) is 19.9. The van der Waals surface area contributed by atoms with Gasteiger partial charge in [-0.2, -0.15) is 0 Å². The van der Waals surface area contributed by atoms with Crippen LogP contribution in [0.4, 0.5) is 5.69 Å². The van der Waals surface area contributed by atoms with Crippen LogP contribution >= 0.6 is 0 Å². The molecular weight excluding hydrogens is 454 g/mol. The molecule has 0 unspecified atom stereocenters. The van der Waals surface area contributed by atoms with Gasteiger partial charge in [0, 0.05) is 25.0 Å². The molecule has 0 radical (unpaired) electrons. The molecule has 1 aliphatic heterocycles. The molecule has 0 bridgehead atoms. The Bertz CT molecular complexity index is 1270. The van der Waals surface area contributed by atoms with Gasteiger partial charge in [-0.05, 0) is 80.3 Å². The van der Waals surface area contributed by atoms with Crippen LogP contribution in [0.1, 0.15) is 34.3 Å². The number of nitrogens with one attached hydrogen (secondary N) is 2. The largest absolute Gasteiger partial charge is 0.438 e. The third kappa shape index (κ3) is 5.73. The molecule has 4 rings (SSSR count). The van der Waals surface area contributed by atoms with Crippen LogP contribution in [0.3, 0.4) is 0 Å². The second kappa shape index (κ2) is 10.2. The number of aryl methyl sites for hydroxylation is 2. The van der Waals surface area contributed by atoms with Gasteiger partial charge in [0.25, 0.3) is 15.9 Å². The lowest BCUT2D eigenvalue weighted by Gasteiger charge is -2.14. The Kier molecular flexibility index (Phi) is 7.14. The zero-order valence-electron chi connectivity index (χ0n) is 19.1. The summed E-state index contributed by atoms with van der Waals surface area (Å²) in [5, 5.41) is 2.87. The van der Waals surface area contributed by atoms with Crippen LogP contribution < -0.4 is 14.8 Å². The van der Waals surface area contributed by atoms with E-state index in [0.29, 0.717) is 29.1 Å². The van der Waals surface area contributed by atoms with E-state index in [0.717, 1.165) is 25.0 Å². The molecule has 2 N–H and O–H groups in total. The van der Waals surface area contributed by atoms with Gasteiger partial charge in [0.2, 0.25) is 5.88 Å². The second-order valence-corrected chi connectivity index (χ2v) is 9.85. The molecule has 3 aromatic rings. The summed E-state index contributed by atoms with van der Waals surface area (Å²) in [5.41, 5.74) is 2.23. The third-order valence-corrected chi connectivity index (χ3v) is 7.01. The van der Waals surface area contributed by atoms with Crippen LogP contribution in [0.5, 0.6) is 11.6 Å². The van der Waals surface area contributed by atoms with E-state index in [1.807, 2.05) is 13.0 Å².